The van der Waals surface area contributed by atoms with E-state index in [0.29, 0.717) is 5.56 Å². The normalized spacial score (nSPS) is 10.4. The number of halogens is 1. The van der Waals surface area contributed by atoms with E-state index in [9.17, 15) is 4.79 Å². The number of carbonyl (C=O) groups excluding carboxylic acids is 1. The molecule has 0 saturated carbocycles. The van der Waals surface area contributed by atoms with E-state index < -0.39 is 0 Å². The molecular weight excluding hydrogens is 264 g/mol. The van der Waals surface area contributed by atoms with Crippen molar-refractivity contribution in [1.82, 2.24) is 9.78 Å². The van der Waals surface area contributed by atoms with Gasteiger partial charge in [-0.1, -0.05) is 0 Å². The maximum atomic E-state index is 11.9. The zero-order valence-corrected chi connectivity index (χ0v) is 9.80. The summed E-state index contributed by atoms with van der Waals surface area (Å²) in [6, 6.07) is 1.87. The van der Waals surface area contributed by atoms with E-state index in [0.717, 1.165) is 9.35 Å². The van der Waals surface area contributed by atoms with Crippen LogP contribution in [-0.2, 0) is 7.05 Å². The fourth-order valence-electron chi connectivity index (χ4n) is 1.13. The summed E-state index contributed by atoms with van der Waals surface area (Å²) in [7, 11) is 1.79. The van der Waals surface area contributed by atoms with Crippen LogP contribution in [0.15, 0.2) is 28.3 Å². The molecule has 5 heteroatoms. The van der Waals surface area contributed by atoms with Gasteiger partial charge in [-0.3, -0.25) is 9.48 Å². The Morgan fingerprint density at radius 3 is 2.93 bits per heavy atom. The van der Waals surface area contributed by atoms with Gasteiger partial charge in [0.05, 0.1) is 16.6 Å². The summed E-state index contributed by atoms with van der Waals surface area (Å²) in [5.74, 6) is 0.0139. The molecule has 0 amide bonds. The van der Waals surface area contributed by atoms with Gasteiger partial charge in [-0.25, -0.2) is 0 Å². The van der Waals surface area contributed by atoms with Crippen LogP contribution < -0.4 is 0 Å². The second-order valence-electron chi connectivity index (χ2n) is 2.83. The van der Waals surface area contributed by atoms with Gasteiger partial charge >= 0.3 is 0 Å². The van der Waals surface area contributed by atoms with E-state index in [-0.39, 0.29) is 5.78 Å². The molecule has 2 aromatic rings. The van der Waals surface area contributed by atoms with E-state index in [2.05, 4.69) is 21.0 Å². The number of rotatable bonds is 2. The van der Waals surface area contributed by atoms with Crippen molar-refractivity contribution in [3.05, 3.63) is 38.8 Å². The predicted octanol–water partition coefficient (Wildman–Crippen LogP) is 2.48. The molecule has 0 saturated heterocycles. The highest BCUT2D eigenvalue weighted by Gasteiger charge is 2.14. The van der Waals surface area contributed by atoms with E-state index in [1.807, 2.05) is 11.4 Å². The molecule has 0 unspecified atom stereocenters. The Morgan fingerprint density at radius 1 is 1.64 bits per heavy atom. The van der Waals surface area contributed by atoms with Gasteiger partial charge < -0.3 is 0 Å². The van der Waals surface area contributed by atoms with Crippen LogP contribution in [0.25, 0.3) is 0 Å². The number of aromatic nitrogens is 2. The van der Waals surface area contributed by atoms with Gasteiger partial charge in [0, 0.05) is 17.7 Å². The molecule has 2 heterocycles. The molecule has 0 aromatic carbocycles. The Morgan fingerprint density at radius 2 is 2.43 bits per heavy atom. The third-order valence-electron chi connectivity index (χ3n) is 1.79. The SMILES string of the molecule is Cn1cc(C(=O)c2sccc2Br)cn1. The first-order chi connectivity index (χ1) is 6.68. The van der Waals surface area contributed by atoms with Gasteiger partial charge in [0.15, 0.2) is 0 Å². The van der Waals surface area contributed by atoms with Gasteiger partial charge in [-0.15, -0.1) is 11.3 Å². The minimum Gasteiger partial charge on any atom is -0.288 e. The van der Waals surface area contributed by atoms with Crippen molar-refractivity contribution in [1.29, 1.82) is 0 Å². The Kier molecular flexibility index (Phi) is 2.52. The third-order valence-corrected chi connectivity index (χ3v) is 3.63. The average molecular weight is 271 g/mol. The highest BCUT2D eigenvalue weighted by atomic mass is 79.9. The van der Waals surface area contributed by atoms with Crippen molar-refractivity contribution in [2.45, 2.75) is 0 Å². The third kappa shape index (κ3) is 1.65. The second-order valence-corrected chi connectivity index (χ2v) is 4.60. The lowest BCUT2D eigenvalue weighted by Gasteiger charge is -1.93. The van der Waals surface area contributed by atoms with Crippen LogP contribution in [0.4, 0.5) is 0 Å². The molecule has 0 N–H and O–H groups in total. The first-order valence-corrected chi connectivity index (χ1v) is 5.62. The molecule has 0 aliphatic rings. The molecule has 0 atom stereocenters. The van der Waals surface area contributed by atoms with Gasteiger partial charge in [0.2, 0.25) is 5.78 Å². The maximum absolute atomic E-state index is 11.9. The van der Waals surface area contributed by atoms with E-state index >= 15 is 0 Å². The number of hydrogen-bond acceptors (Lipinski definition) is 3. The molecule has 2 aromatic heterocycles. The van der Waals surface area contributed by atoms with Crippen molar-refractivity contribution in [2.24, 2.45) is 7.05 Å². The summed E-state index contributed by atoms with van der Waals surface area (Å²) in [6.07, 6.45) is 3.29. The van der Waals surface area contributed by atoms with E-state index in [1.54, 1.807) is 24.1 Å². The van der Waals surface area contributed by atoms with Gasteiger partial charge in [-0.05, 0) is 27.4 Å². The minimum absolute atomic E-state index is 0.0139. The molecule has 0 fully saturated rings. The standard InChI is InChI=1S/C9H7BrN2OS/c1-12-5-6(4-11-12)8(13)9-7(10)2-3-14-9/h2-5H,1H3. The zero-order valence-electron chi connectivity index (χ0n) is 7.40. The van der Waals surface area contributed by atoms with Crippen LogP contribution in [0.3, 0.4) is 0 Å². The summed E-state index contributed by atoms with van der Waals surface area (Å²) in [4.78, 5) is 12.6. The first kappa shape index (κ1) is 9.61. The summed E-state index contributed by atoms with van der Waals surface area (Å²) >= 11 is 4.76. The van der Waals surface area contributed by atoms with Gasteiger partial charge in [0.1, 0.15) is 0 Å². The lowest BCUT2D eigenvalue weighted by Crippen LogP contribution is -1.97. The number of thiophene rings is 1. The lowest BCUT2D eigenvalue weighted by molar-refractivity contribution is 0.104. The van der Waals surface area contributed by atoms with Crippen molar-refractivity contribution in [3.8, 4) is 0 Å². The van der Waals surface area contributed by atoms with Crippen molar-refractivity contribution >= 4 is 33.0 Å². The second kappa shape index (κ2) is 3.67. The van der Waals surface area contributed by atoms with Gasteiger partial charge in [-0.2, -0.15) is 5.10 Å². The monoisotopic (exact) mass is 270 g/mol. The zero-order chi connectivity index (χ0) is 10.1. The molecule has 0 spiro atoms. The average Bonchev–Trinajstić information content (AvgIpc) is 2.73. The Bertz CT molecular complexity index is 475. The fraction of sp³-hybridized carbons (Fsp3) is 0.111. The molecule has 0 aliphatic carbocycles. The van der Waals surface area contributed by atoms with Crippen LogP contribution in [0.1, 0.15) is 15.2 Å². The van der Waals surface area contributed by atoms with E-state index in [4.69, 9.17) is 0 Å². The van der Waals surface area contributed by atoms with Crippen LogP contribution in [0.2, 0.25) is 0 Å². The number of hydrogen-bond donors (Lipinski definition) is 0. The van der Waals surface area contributed by atoms with Crippen LogP contribution in [0, 0.1) is 0 Å². The first-order valence-electron chi connectivity index (χ1n) is 3.95. The van der Waals surface area contributed by atoms with E-state index in [1.165, 1.54) is 11.3 Å². The Hall–Kier alpha value is -0.940. The smallest absolute Gasteiger partial charge is 0.207 e. The predicted molar refractivity (Wildman–Crippen MR) is 58.7 cm³/mol. The lowest BCUT2D eigenvalue weighted by atomic mass is 10.2. The minimum atomic E-state index is 0.0139. The van der Waals surface area contributed by atoms with Crippen LogP contribution in [-0.4, -0.2) is 15.6 Å². The van der Waals surface area contributed by atoms with Gasteiger partial charge in [0.25, 0.3) is 0 Å². The summed E-state index contributed by atoms with van der Waals surface area (Å²) in [5, 5.41) is 5.85. The summed E-state index contributed by atoms with van der Waals surface area (Å²) in [5.41, 5.74) is 0.621. The summed E-state index contributed by atoms with van der Waals surface area (Å²) in [6.45, 7) is 0. The molecule has 0 radical (unpaired) electrons. The number of nitrogens with zero attached hydrogens (tertiary/aromatic N) is 2. The molecule has 0 bridgehead atoms. The highest BCUT2D eigenvalue weighted by molar-refractivity contribution is 9.10. The topological polar surface area (TPSA) is 34.9 Å². The van der Waals surface area contributed by atoms with Crippen molar-refractivity contribution in [3.63, 3.8) is 0 Å². The maximum Gasteiger partial charge on any atom is 0.207 e. The molecule has 0 aliphatic heterocycles. The molecule has 3 nitrogen and oxygen atoms in total. The number of carbonyl (C=O) groups is 1. The van der Waals surface area contributed by atoms with Crippen LogP contribution in [0.5, 0.6) is 0 Å². The molecule has 2 rings (SSSR count). The molecule has 72 valence electrons. The Balaban J connectivity index is 2.38. The fourth-order valence-corrected chi connectivity index (χ4v) is 2.64. The van der Waals surface area contributed by atoms with Crippen molar-refractivity contribution in [2.75, 3.05) is 0 Å². The number of aryl methyl sites for hydroxylation is 1. The highest BCUT2D eigenvalue weighted by Crippen LogP contribution is 2.25. The molecule has 14 heavy (non-hydrogen) atoms. The quantitative estimate of drug-likeness (QED) is 0.786. The van der Waals surface area contributed by atoms with Crippen molar-refractivity contribution < 1.29 is 4.79 Å². The largest absolute Gasteiger partial charge is 0.288 e. The Labute approximate surface area is 93.5 Å². The van der Waals surface area contributed by atoms with Crippen LogP contribution >= 0.6 is 27.3 Å². The summed E-state index contributed by atoms with van der Waals surface area (Å²) < 4.78 is 2.46. The molecular formula is C9H7BrN2OS. The number of ketones is 1.